The van der Waals surface area contributed by atoms with Crippen LogP contribution in [0.5, 0.6) is 0 Å². The molecule has 0 aliphatic rings. The summed E-state index contributed by atoms with van der Waals surface area (Å²) in [5.41, 5.74) is 1.17. The lowest BCUT2D eigenvalue weighted by Crippen LogP contribution is -1.92. The Hall–Kier alpha value is -1.36. The van der Waals surface area contributed by atoms with E-state index in [1.165, 1.54) is 24.8 Å². The van der Waals surface area contributed by atoms with Gasteiger partial charge in [-0.15, -0.1) is 6.42 Å². The molecule has 0 radical (unpaired) electrons. The van der Waals surface area contributed by atoms with Crippen molar-refractivity contribution in [2.75, 3.05) is 0 Å². The third-order valence-corrected chi connectivity index (χ3v) is 1.90. The largest absolute Gasteiger partial charge is 0.229 e. The number of aromatic nitrogens is 2. The van der Waals surface area contributed by atoms with Crippen molar-refractivity contribution in [2.24, 2.45) is 0 Å². The van der Waals surface area contributed by atoms with E-state index in [9.17, 15) is 0 Å². The molecule has 0 aliphatic carbocycles. The minimum atomic E-state index is 0.472. The maximum Gasteiger partial charge on any atom is 0.204 e. The first-order chi connectivity index (χ1) is 6.36. The molecule has 1 rings (SSSR count). The Balaban J connectivity index is 2.46. The van der Waals surface area contributed by atoms with Gasteiger partial charge in [0.15, 0.2) is 0 Å². The van der Waals surface area contributed by atoms with E-state index >= 15 is 0 Å². The van der Waals surface area contributed by atoms with Gasteiger partial charge in [0.05, 0.1) is 0 Å². The molecule has 0 bridgehead atoms. The van der Waals surface area contributed by atoms with E-state index in [2.05, 4.69) is 22.8 Å². The van der Waals surface area contributed by atoms with Crippen LogP contribution in [-0.2, 0) is 6.42 Å². The van der Waals surface area contributed by atoms with Crippen LogP contribution in [-0.4, -0.2) is 9.97 Å². The molecule has 68 valence electrons. The van der Waals surface area contributed by atoms with Crippen molar-refractivity contribution in [3.8, 4) is 12.3 Å². The van der Waals surface area contributed by atoms with Crippen LogP contribution < -0.4 is 0 Å². The Morgan fingerprint density at radius 1 is 1.31 bits per heavy atom. The highest BCUT2D eigenvalue weighted by Gasteiger charge is 1.94. The van der Waals surface area contributed by atoms with Crippen LogP contribution in [0.1, 0.15) is 37.6 Å². The first-order valence-corrected chi connectivity index (χ1v) is 4.64. The number of terminal acetylenes is 1. The normalized spacial score (nSPS) is 9.54. The number of unbranched alkanes of at least 4 members (excludes halogenated alkanes) is 2. The van der Waals surface area contributed by atoms with Gasteiger partial charge >= 0.3 is 0 Å². The lowest BCUT2D eigenvalue weighted by Gasteiger charge is -1.98. The summed E-state index contributed by atoms with van der Waals surface area (Å²) in [7, 11) is 0. The molecule has 1 aromatic rings. The Kier molecular flexibility index (Phi) is 3.98. The fourth-order valence-corrected chi connectivity index (χ4v) is 1.14. The van der Waals surface area contributed by atoms with Crippen molar-refractivity contribution >= 4 is 0 Å². The Labute approximate surface area is 79.4 Å². The summed E-state index contributed by atoms with van der Waals surface area (Å²) < 4.78 is 0. The second-order valence-electron chi connectivity index (χ2n) is 3.02. The van der Waals surface area contributed by atoms with Crippen molar-refractivity contribution in [1.82, 2.24) is 9.97 Å². The predicted octanol–water partition coefficient (Wildman–Crippen LogP) is 2.19. The summed E-state index contributed by atoms with van der Waals surface area (Å²) >= 11 is 0. The molecule has 0 spiro atoms. The molecular formula is C11H14N2. The van der Waals surface area contributed by atoms with Gasteiger partial charge in [-0.1, -0.05) is 19.8 Å². The molecule has 0 fully saturated rings. The molecule has 0 saturated heterocycles. The smallest absolute Gasteiger partial charge is 0.204 e. The first kappa shape index (κ1) is 9.73. The number of hydrogen-bond donors (Lipinski definition) is 0. The molecule has 0 aromatic carbocycles. The topological polar surface area (TPSA) is 25.8 Å². The highest BCUT2D eigenvalue weighted by molar-refractivity contribution is 5.17. The number of nitrogens with zero attached hydrogens (tertiary/aromatic N) is 2. The zero-order valence-electron chi connectivity index (χ0n) is 7.95. The number of rotatable bonds is 4. The highest BCUT2D eigenvalue weighted by Crippen LogP contribution is 2.03. The standard InChI is InChI=1S/C11H14N2/c1-3-5-6-7-10-8-12-11(4-2)13-9-10/h2,8-9H,3,5-7H2,1H3. The molecule has 0 atom stereocenters. The van der Waals surface area contributed by atoms with Gasteiger partial charge in [-0.25, -0.2) is 9.97 Å². The molecule has 0 N–H and O–H groups in total. The van der Waals surface area contributed by atoms with E-state index < -0.39 is 0 Å². The molecule has 0 unspecified atom stereocenters. The molecule has 13 heavy (non-hydrogen) atoms. The predicted molar refractivity (Wildman–Crippen MR) is 53.2 cm³/mol. The average molecular weight is 174 g/mol. The monoisotopic (exact) mass is 174 g/mol. The van der Waals surface area contributed by atoms with Gasteiger partial charge in [-0.3, -0.25) is 0 Å². The van der Waals surface area contributed by atoms with Crippen molar-refractivity contribution in [3.63, 3.8) is 0 Å². The van der Waals surface area contributed by atoms with Gasteiger partial charge in [0.25, 0.3) is 0 Å². The lowest BCUT2D eigenvalue weighted by molar-refractivity contribution is 0.713. The minimum Gasteiger partial charge on any atom is -0.229 e. The van der Waals surface area contributed by atoms with Crippen molar-refractivity contribution < 1.29 is 0 Å². The van der Waals surface area contributed by atoms with Crippen molar-refractivity contribution in [1.29, 1.82) is 0 Å². The van der Waals surface area contributed by atoms with E-state index in [1.54, 1.807) is 0 Å². The van der Waals surface area contributed by atoms with Crippen LogP contribution in [0.3, 0.4) is 0 Å². The van der Waals surface area contributed by atoms with Gasteiger partial charge in [-0.2, -0.15) is 0 Å². The molecule has 1 heterocycles. The molecule has 2 nitrogen and oxygen atoms in total. The maximum absolute atomic E-state index is 5.15. The first-order valence-electron chi connectivity index (χ1n) is 4.64. The van der Waals surface area contributed by atoms with Gasteiger partial charge in [0.2, 0.25) is 5.82 Å². The fraction of sp³-hybridized carbons (Fsp3) is 0.455. The van der Waals surface area contributed by atoms with Crippen LogP contribution in [0.15, 0.2) is 12.4 Å². The van der Waals surface area contributed by atoms with Gasteiger partial charge in [-0.05, 0) is 24.3 Å². The van der Waals surface area contributed by atoms with E-state index in [-0.39, 0.29) is 0 Å². The second kappa shape index (κ2) is 5.31. The molecule has 0 saturated carbocycles. The van der Waals surface area contributed by atoms with Crippen LogP contribution >= 0.6 is 0 Å². The van der Waals surface area contributed by atoms with Crippen molar-refractivity contribution in [3.05, 3.63) is 23.8 Å². The SMILES string of the molecule is C#Cc1ncc(CCCCC)cn1. The van der Waals surface area contributed by atoms with E-state index in [1.807, 2.05) is 12.4 Å². The number of aryl methyl sites for hydroxylation is 1. The summed E-state index contributed by atoms with van der Waals surface area (Å²) in [5, 5.41) is 0. The molecule has 0 amide bonds. The third-order valence-electron chi connectivity index (χ3n) is 1.90. The summed E-state index contributed by atoms with van der Waals surface area (Å²) in [6.07, 6.45) is 13.5. The average Bonchev–Trinajstić information content (AvgIpc) is 2.19. The van der Waals surface area contributed by atoms with Crippen LogP contribution in [0.2, 0.25) is 0 Å². The lowest BCUT2D eigenvalue weighted by atomic mass is 10.1. The Morgan fingerprint density at radius 3 is 2.54 bits per heavy atom. The van der Waals surface area contributed by atoms with Crippen molar-refractivity contribution in [2.45, 2.75) is 32.6 Å². The molecule has 0 aliphatic heterocycles. The van der Waals surface area contributed by atoms with E-state index in [0.717, 1.165) is 6.42 Å². The summed E-state index contributed by atoms with van der Waals surface area (Å²) in [5.74, 6) is 2.87. The summed E-state index contributed by atoms with van der Waals surface area (Å²) in [4.78, 5) is 8.06. The number of hydrogen-bond acceptors (Lipinski definition) is 2. The molecule has 2 heteroatoms. The molecular weight excluding hydrogens is 160 g/mol. The van der Waals surface area contributed by atoms with Crippen LogP contribution in [0, 0.1) is 12.3 Å². The Bertz CT molecular complexity index is 282. The quantitative estimate of drug-likeness (QED) is 0.516. The van der Waals surface area contributed by atoms with Gasteiger partial charge in [0.1, 0.15) is 0 Å². The highest BCUT2D eigenvalue weighted by atomic mass is 14.8. The Morgan fingerprint density at radius 2 is 2.00 bits per heavy atom. The maximum atomic E-state index is 5.15. The van der Waals surface area contributed by atoms with E-state index in [0.29, 0.717) is 5.82 Å². The molecule has 1 aromatic heterocycles. The van der Waals surface area contributed by atoms with Crippen LogP contribution in [0.25, 0.3) is 0 Å². The fourth-order valence-electron chi connectivity index (χ4n) is 1.14. The summed E-state index contributed by atoms with van der Waals surface area (Å²) in [6.45, 7) is 2.19. The van der Waals surface area contributed by atoms with Gasteiger partial charge < -0.3 is 0 Å². The minimum absolute atomic E-state index is 0.472. The van der Waals surface area contributed by atoms with Gasteiger partial charge in [0, 0.05) is 12.4 Å². The summed E-state index contributed by atoms with van der Waals surface area (Å²) in [6, 6.07) is 0. The van der Waals surface area contributed by atoms with E-state index in [4.69, 9.17) is 6.42 Å². The zero-order valence-corrected chi connectivity index (χ0v) is 7.95. The zero-order chi connectivity index (χ0) is 9.52. The van der Waals surface area contributed by atoms with Crippen LogP contribution in [0.4, 0.5) is 0 Å². The third kappa shape index (κ3) is 3.25. The second-order valence-corrected chi connectivity index (χ2v) is 3.02.